The molecule has 134 valence electrons. The quantitative estimate of drug-likeness (QED) is 0.480. The van der Waals surface area contributed by atoms with Gasteiger partial charge in [-0.2, -0.15) is 0 Å². The van der Waals surface area contributed by atoms with E-state index in [4.69, 9.17) is 23.2 Å². The third-order valence-corrected chi connectivity index (χ3v) is 4.60. The van der Waals surface area contributed by atoms with E-state index < -0.39 is 0 Å². The maximum absolute atomic E-state index is 12.4. The fourth-order valence-corrected chi connectivity index (χ4v) is 3.15. The van der Waals surface area contributed by atoms with Crippen molar-refractivity contribution in [2.75, 3.05) is 5.32 Å². The van der Waals surface area contributed by atoms with Crippen molar-refractivity contribution in [2.24, 2.45) is 0 Å². The summed E-state index contributed by atoms with van der Waals surface area (Å²) in [4.78, 5) is 24.5. The Morgan fingerprint density at radius 3 is 2.78 bits per heavy atom. The zero-order valence-corrected chi connectivity index (χ0v) is 15.8. The number of aromatic amines is 1. The summed E-state index contributed by atoms with van der Waals surface area (Å²) in [5, 5.41) is 3.88. The molecule has 4 aromatic rings. The standard InChI is InChI=1S/C20H14Cl2N4O/c1-11-7-17-19(23-10-11)26-18(25-17)15-9-14(5-6-16(15)22)24-20(27)12-3-2-4-13(21)8-12/h2-10H,1H3,(H,24,27)(H,23,25,26). The first-order valence-electron chi connectivity index (χ1n) is 8.19. The Balaban J connectivity index is 1.67. The van der Waals surface area contributed by atoms with Gasteiger partial charge in [-0.15, -0.1) is 0 Å². The van der Waals surface area contributed by atoms with Crippen LogP contribution >= 0.6 is 23.2 Å². The van der Waals surface area contributed by atoms with Crippen LogP contribution in [-0.4, -0.2) is 20.9 Å². The van der Waals surface area contributed by atoms with Crippen molar-refractivity contribution >= 4 is 46.0 Å². The third-order valence-electron chi connectivity index (χ3n) is 4.04. The molecule has 0 bridgehead atoms. The van der Waals surface area contributed by atoms with Crippen molar-refractivity contribution in [2.45, 2.75) is 6.92 Å². The van der Waals surface area contributed by atoms with E-state index in [9.17, 15) is 4.79 Å². The number of nitrogens with one attached hydrogen (secondary N) is 2. The zero-order chi connectivity index (χ0) is 19.0. The van der Waals surface area contributed by atoms with Crippen LogP contribution < -0.4 is 5.32 Å². The van der Waals surface area contributed by atoms with Crippen LogP contribution in [-0.2, 0) is 0 Å². The van der Waals surface area contributed by atoms with Crippen molar-refractivity contribution in [3.05, 3.63) is 75.9 Å². The summed E-state index contributed by atoms with van der Waals surface area (Å²) in [6.07, 6.45) is 1.76. The van der Waals surface area contributed by atoms with E-state index in [0.717, 1.165) is 11.1 Å². The average molecular weight is 397 g/mol. The molecule has 2 N–H and O–H groups in total. The Bertz CT molecular complexity index is 1170. The van der Waals surface area contributed by atoms with E-state index in [2.05, 4.69) is 20.3 Å². The number of benzene rings is 2. The van der Waals surface area contributed by atoms with Gasteiger partial charge in [0.05, 0.1) is 10.5 Å². The highest BCUT2D eigenvalue weighted by Crippen LogP contribution is 2.30. The van der Waals surface area contributed by atoms with E-state index in [1.165, 1.54) is 0 Å². The minimum Gasteiger partial charge on any atom is -0.337 e. The molecule has 0 saturated heterocycles. The van der Waals surface area contributed by atoms with Crippen molar-refractivity contribution in [3.63, 3.8) is 0 Å². The molecule has 0 radical (unpaired) electrons. The number of hydrogen-bond donors (Lipinski definition) is 2. The Kier molecular flexibility index (Phi) is 4.56. The summed E-state index contributed by atoms with van der Waals surface area (Å²) in [7, 11) is 0. The topological polar surface area (TPSA) is 70.7 Å². The number of carbonyl (C=O) groups is 1. The number of hydrogen-bond acceptors (Lipinski definition) is 3. The predicted molar refractivity (Wildman–Crippen MR) is 108 cm³/mol. The molecule has 0 saturated carbocycles. The van der Waals surface area contributed by atoms with Gasteiger partial charge >= 0.3 is 0 Å². The van der Waals surface area contributed by atoms with Gasteiger partial charge in [0, 0.05) is 28.0 Å². The number of pyridine rings is 1. The number of aromatic nitrogens is 3. The van der Waals surface area contributed by atoms with Crippen LogP contribution in [0, 0.1) is 6.92 Å². The van der Waals surface area contributed by atoms with Gasteiger partial charge in [0.15, 0.2) is 5.65 Å². The largest absolute Gasteiger partial charge is 0.337 e. The van der Waals surface area contributed by atoms with Crippen LogP contribution in [0.15, 0.2) is 54.7 Å². The van der Waals surface area contributed by atoms with Crippen LogP contribution in [0.1, 0.15) is 15.9 Å². The van der Waals surface area contributed by atoms with Crippen molar-refractivity contribution < 1.29 is 4.79 Å². The van der Waals surface area contributed by atoms with Crippen LogP contribution in [0.3, 0.4) is 0 Å². The summed E-state index contributed by atoms with van der Waals surface area (Å²) >= 11 is 12.3. The third kappa shape index (κ3) is 3.65. The number of carbonyl (C=O) groups excluding carboxylic acids is 1. The second kappa shape index (κ2) is 7.02. The molecule has 27 heavy (non-hydrogen) atoms. The van der Waals surface area contributed by atoms with E-state index in [0.29, 0.717) is 38.3 Å². The van der Waals surface area contributed by atoms with Gasteiger partial charge in [-0.1, -0.05) is 29.3 Å². The van der Waals surface area contributed by atoms with E-state index >= 15 is 0 Å². The predicted octanol–water partition coefficient (Wildman–Crippen LogP) is 5.49. The van der Waals surface area contributed by atoms with Crippen molar-refractivity contribution in [3.8, 4) is 11.4 Å². The van der Waals surface area contributed by atoms with Gasteiger partial charge in [-0.05, 0) is 55.0 Å². The summed E-state index contributed by atoms with van der Waals surface area (Å²) in [6, 6.07) is 14.0. The highest BCUT2D eigenvalue weighted by Gasteiger charge is 2.13. The zero-order valence-electron chi connectivity index (χ0n) is 14.3. The summed E-state index contributed by atoms with van der Waals surface area (Å²) in [5.41, 5.74) is 4.23. The van der Waals surface area contributed by atoms with Crippen LogP contribution in [0.25, 0.3) is 22.6 Å². The van der Waals surface area contributed by atoms with Gasteiger partial charge in [-0.25, -0.2) is 9.97 Å². The van der Waals surface area contributed by atoms with Crippen molar-refractivity contribution in [1.29, 1.82) is 0 Å². The molecule has 0 aliphatic rings. The molecular formula is C20H14Cl2N4O. The molecule has 2 aromatic heterocycles. The minimum absolute atomic E-state index is 0.257. The molecular weight excluding hydrogens is 383 g/mol. The lowest BCUT2D eigenvalue weighted by molar-refractivity contribution is 0.102. The first-order valence-corrected chi connectivity index (χ1v) is 8.94. The fraction of sp³-hybridized carbons (Fsp3) is 0.0500. The average Bonchev–Trinajstić information content (AvgIpc) is 3.06. The lowest BCUT2D eigenvalue weighted by atomic mass is 10.1. The van der Waals surface area contributed by atoms with E-state index in [1.54, 1.807) is 48.7 Å². The Morgan fingerprint density at radius 1 is 1.11 bits per heavy atom. The molecule has 0 aliphatic carbocycles. The van der Waals surface area contributed by atoms with Gasteiger partial charge < -0.3 is 10.3 Å². The lowest BCUT2D eigenvalue weighted by Gasteiger charge is -2.08. The lowest BCUT2D eigenvalue weighted by Crippen LogP contribution is -2.11. The number of rotatable bonds is 3. The highest BCUT2D eigenvalue weighted by molar-refractivity contribution is 6.33. The maximum atomic E-state index is 12.4. The molecule has 1 amide bonds. The van der Waals surface area contributed by atoms with Gasteiger partial charge in [0.1, 0.15) is 5.82 Å². The van der Waals surface area contributed by atoms with Crippen LogP contribution in [0.4, 0.5) is 5.69 Å². The number of amides is 1. The number of imidazole rings is 1. The summed E-state index contributed by atoms with van der Waals surface area (Å²) in [5.74, 6) is 0.333. The first-order chi connectivity index (χ1) is 13.0. The number of fused-ring (bicyclic) bond motifs is 1. The Hall–Kier alpha value is -2.89. The number of anilines is 1. The SMILES string of the molecule is Cc1cnc2nc(-c3cc(NC(=O)c4cccc(Cl)c4)ccc3Cl)[nH]c2c1. The molecule has 0 fully saturated rings. The smallest absolute Gasteiger partial charge is 0.255 e. The number of nitrogens with zero attached hydrogens (tertiary/aromatic N) is 2. The number of H-pyrrole nitrogens is 1. The molecule has 2 heterocycles. The molecule has 7 heteroatoms. The van der Waals surface area contributed by atoms with E-state index in [1.807, 2.05) is 13.0 Å². The Morgan fingerprint density at radius 2 is 1.96 bits per heavy atom. The molecule has 0 unspecified atom stereocenters. The van der Waals surface area contributed by atoms with Gasteiger partial charge in [0.2, 0.25) is 0 Å². The summed E-state index contributed by atoms with van der Waals surface area (Å²) < 4.78 is 0. The molecule has 0 atom stereocenters. The van der Waals surface area contributed by atoms with Crippen LogP contribution in [0.2, 0.25) is 10.0 Å². The molecule has 2 aromatic carbocycles. The van der Waals surface area contributed by atoms with Gasteiger partial charge in [0.25, 0.3) is 5.91 Å². The number of halogens is 2. The second-order valence-corrected chi connectivity index (χ2v) is 6.97. The van der Waals surface area contributed by atoms with Gasteiger partial charge in [-0.3, -0.25) is 4.79 Å². The normalized spacial score (nSPS) is 10.9. The fourth-order valence-electron chi connectivity index (χ4n) is 2.75. The second-order valence-electron chi connectivity index (χ2n) is 6.13. The van der Waals surface area contributed by atoms with Crippen LogP contribution in [0.5, 0.6) is 0 Å². The molecule has 0 spiro atoms. The van der Waals surface area contributed by atoms with E-state index in [-0.39, 0.29) is 5.91 Å². The maximum Gasteiger partial charge on any atom is 0.255 e. The first kappa shape index (κ1) is 17.5. The number of aryl methyl sites for hydroxylation is 1. The Labute approximate surface area is 165 Å². The minimum atomic E-state index is -0.257. The molecule has 5 nitrogen and oxygen atoms in total. The highest BCUT2D eigenvalue weighted by atomic mass is 35.5. The molecule has 0 aliphatic heterocycles. The summed E-state index contributed by atoms with van der Waals surface area (Å²) in [6.45, 7) is 1.96. The van der Waals surface area contributed by atoms with Crippen molar-refractivity contribution in [1.82, 2.24) is 15.0 Å². The molecule has 4 rings (SSSR count). The monoisotopic (exact) mass is 396 g/mol.